The number of phosphoric acid groups is 1. The second kappa shape index (κ2) is 6.37. The van der Waals surface area contributed by atoms with Crippen molar-refractivity contribution in [3.05, 3.63) is 29.0 Å². The van der Waals surface area contributed by atoms with Crippen molar-refractivity contribution < 1.29 is 36.8 Å². The summed E-state index contributed by atoms with van der Waals surface area (Å²) in [5.41, 5.74) is -0.671. The van der Waals surface area contributed by atoms with Gasteiger partial charge in [-0.1, -0.05) is 11.6 Å². The number of hydrogen-bond acceptors (Lipinski definition) is 7. The lowest BCUT2D eigenvalue weighted by atomic mass is 9.92. The van der Waals surface area contributed by atoms with Crippen LogP contribution in [0.3, 0.4) is 0 Å². The highest BCUT2D eigenvalue weighted by Crippen LogP contribution is 2.59. The summed E-state index contributed by atoms with van der Waals surface area (Å²) in [7, 11) is -3.39. The molecule has 0 atom stereocenters. The molecule has 10 heteroatoms. The summed E-state index contributed by atoms with van der Waals surface area (Å²) in [4.78, 5) is 11.7. The number of hydrogen-bond donors (Lipinski definition) is 0. The lowest BCUT2D eigenvalue weighted by Gasteiger charge is -2.43. The second-order valence-electron chi connectivity index (χ2n) is 5.29. The van der Waals surface area contributed by atoms with Gasteiger partial charge in [0, 0.05) is 0 Å². The second-order valence-corrected chi connectivity index (χ2v) is 7.37. The highest BCUT2D eigenvalue weighted by molar-refractivity contribution is 7.48. The first-order valence-corrected chi connectivity index (χ1v) is 8.51. The molecule has 3 saturated heterocycles. The number of phosphoric ester groups is 1. The summed E-state index contributed by atoms with van der Waals surface area (Å²) in [5, 5.41) is 0.0573. The number of carbonyl (C=O) groups is 1. The zero-order chi connectivity index (χ0) is 16.5. The van der Waals surface area contributed by atoms with Gasteiger partial charge < -0.3 is 9.47 Å². The summed E-state index contributed by atoms with van der Waals surface area (Å²) in [6.45, 7) is -0.0263. The molecule has 2 bridgehead atoms. The predicted octanol–water partition coefficient (Wildman–Crippen LogP) is 2.57. The molecule has 0 radical (unpaired) electrons. The molecule has 4 rings (SSSR count). The quantitative estimate of drug-likeness (QED) is 0.585. The summed E-state index contributed by atoms with van der Waals surface area (Å²) in [6.07, 6.45) is 0. The van der Waals surface area contributed by atoms with E-state index in [1.54, 1.807) is 0 Å². The molecule has 0 aliphatic carbocycles. The number of esters is 1. The van der Waals surface area contributed by atoms with E-state index in [1.165, 1.54) is 12.1 Å². The average molecular weight is 367 g/mol. The molecule has 0 unspecified atom stereocenters. The Kier molecular flexibility index (Phi) is 4.62. The Morgan fingerprint density at radius 1 is 1.30 bits per heavy atom. The molecule has 0 spiro atoms. The van der Waals surface area contributed by atoms with Gasteiger partial charge in [-0.05, 0) is 18.2 Å². The largest absolute Gasteiger partial charge is 0.480 e. The van der Waals surface area contributed by atoms with E-state index in [-0.39, 0.29) is 43.8 Å². The summed E-state index contributed by atoms with van der Waals surface area (Å²) >= 11 is 5.78. The molecule has 0 N–H and O–H groups in total. The lowest BCUT2D eigenvalue weighted by Crippen LogP contribution is -2.48. The van der Waals surface area contributed by atoms with Crippen molar-refractivity contribution >= 4 is 25.4 Å². The summed E-state index contributed by atoms with van der Waals surface area (Å²) in [6, 6.07) is 3.56. The van der Waals surface area contributed by atoms with Gasteiger partial charge in [0.15, 0.2) is 6.61 Å². The normalized spacial score (nSPS) is 29.3. The van der Waals surface area contributed by atoms with Gasteiger partial charge in [-0.25, -0.2) is 13.8 Å². The fraction of sp³-hybridized carbons (Fsp3) is 0.462. The van der Waals surface area contributed by atoms with Gasteiger partial charge in [0.05, 0.1) is 30.3 Å². The fourth-order valence-corrected chi connectivity index (χ4v) is 3.76. The molecule has 0 saturated carbocycles. The highest BCUT2D eigenvalue weighted by atomic mass is 35.5. The first kappa shape index (κ1) is 16.7. The Morgan fingerprint density at radius 2 is 1.96 bits per heavy atom. The van der Waals surface area contributed by atoms with Crippen LogP contribution in [0.5, 0.6) is 5.75 Å². The molecule has 3 aliphatic rings. The zero-order valence-corrected chi connectivity index (χ0v) is 13.5. The lowest BCUT2D eigenvalue weighted by molar-refractivity contribution is -0.161. The van der Waals surface area contributed by atoms with Crippen LogP contribution in [-0.2, 0) is 27.7 Å². The van der Waals surface area contributed by atoms with E-state index < -0.39 is 25.0 Å². The minimum atomic E-state index is -3.39. The van der Waals surface area contributed by atoms with E-state index in [4.69, 9.17) is 34.6 Å². The van der Waals surface area contributed by atoms with Gasteiger partial charge >= 0.3 is 13.8 Å². The number of fused-ring (bicyclic) bond motifs is 3. The molecule has 126 valence electrons. The number of carbonyl (C=O) groups excluding carboxylic acids is 1. The van der Waals surface area contributed by atoms with Crippen LogP contribution >= 0.6 is 19.4 Å². The van der Waals surface area contributed by atoms with E-state index in [0.29, 0.717) is 0 Å². The average Bonchev–Trinajstić information content (AvgIpc) is 2.54. The van der Waals surface area contributed by atoms with Gasteiger partial charge in [0.2, 0.25) is 0 Å². The van der Waals surface area contributed by atoms with Gasteiger partial charge in [-0.2, -0.15) is 0 Å². The number of rotatable bonds is 5. The van der Waals surface area contributed by atoms with E-state index in [0.717, 1.165) is 6.07 Å². The third kappa shape index (κ3) is 3.84. The van der Waals surface area contributed by atoms with Gasteiger partial charge in [-0.3, -0.25) is 13.6 Å². The van der Waals surface area contributed by atoms with Crippen LogP contribution in [-0.4, -0.2) is 39.0 Å². The number of benzene rings is 1. The molecule has 3 fully saturated rings. The van der Waals surface area contributed by atoms with Crippen molar-refractivity contribution in [2.75, 3.05) is 33.0 Å². The van der Waals surface area contributed by atoms with Crippen LogP contribution in [0.15, 0.2) is 18.2 Å². The number of halogens is 2. The standard InChI is InChI=1S/C13H13ClFO7P/c14-10-3-9(15)1-2-11(10)18-4-12(16)19-5-13-6-20-23(17,21-7-13)22-8-13/h1-3H,4-8H2. The van der Waals surface area contributed by atoms with Crippen LogP contribution in [0.2, 0.25) is 5.02 Å². The first-order chi connectivity index (χ1) is 10.9. The van der Waals surface area contributed by atoms with Crippen LogP contribution in [0, 0.1) is 11.2 Å². The smallest absolute Gasteiger partial charge is 0.474 e. The maximum absolute atomic E-state index is 12.9. The monoisotopic (exact) mass is 366 g/mol. The topological polar surface area (TPSA) is 80.3 Å². The molecular formula is C13H13ClFO7P. The van der Waals surface area contributed by atoms with E-state index in [1.807, 2.05) is 0 Å². The molecule has 1 aromatic carbocycles. The Hall–Kier alpha value is -1.18. The van der Waals surface area contributed by atoms with Crippen LogP contribution in [0.1, 0.15) is 0 Å². The molecular weight excluding hydrogens is 354 g/mol. The van der Waals surface area contributed by atoms with E-state index in [9.17, 15) is 13.8 Å². The Labute approximate surface area is 136 Å². The SMILES string of the molecule is O=C(COc1ccc(F)cc1Cl)OCC12COP(=O)(OC1)OC2. The van der Waals surface area contributed by atoms with E-state index in [2.05, 4.69) is 0 Å². The third-order valence-corrected chi connectivity index (χ3v) is 5.00. The number of ether oxygens (including phenoxy) is 2. The van der Waals surface area contributed by atoms with Crippen molar-refractivity contribution in [2.45, 2.75) is 0 Å². The Balaban J connectivity index is 1.47. The van der Waals surface area contributed by atoms with Gasteiger partial charge in [0.25, 0.3) is 0 Å². The molecule has 1 aromatic rings. The fourth-order valence-electron chi connectivity index (χ4n) is 2.01. The zero-order valence-electron chi connectivity index (χ0n) is 11.8. The summed E-state index contributed by atoms with van der Waals surface area (Å²) < 4.78 is 49.8. The van der Waals surface area contributed by atoms with Crippen molar-refractivity contribution in [1.82, 2.24) is 0 Å². The van der Waals surface area contributed by atoms with Crippen molar-refractivity contribution in [3.8, 4) is 5.75 Å². The maximum Gasteiger partial charge on any atom is 0.474 e. The van der Waals surface area contributed by atoms with Gasteiger partial charge in [0.1, 0.15) is 18.2 Å². The maximum atomic E-state index is 12.9. The van der Waals surface area contributed by atoms with Crippen LogP contribution in [0.25, 0.3) is 0 Å². The molecule has 3 heterocycles. The Morgan fingerprint density at radius 3 is 2.57 bits per heavy atom. The third-order valence-electron chi connectivity index (χ3n) is 3.37. The van der Waals surface area contributed by atoms with Crippen molar-refractivity contribution in [3.63, 3.8) is 0 Å². The van der Waals surface area contributed by atoms with Crippen molar-refractivity contribution in [1.29, 1.82) is 0 Å². The molecule has 23 heavy (non-hydrogen) atoms. The van der Waals surface area contributed by atoms with Crippen LogP contribution in [0.4, 0.5) is 4.39 Å². The van der Waals surface area contributed by atoms with Crippen molar-refractivity contribution in [2.24, 2.45) is 5.41 Å². The minimum Gasteiger partial charge on any atom is -0.480 e. The van der Waals surface area contributed by atoms with E-state index >= 15 is 0 Å². The molecule has 7 nitrogen and oxygen atoms in total. The molecule has 3 aliphatic heterocycles. The predicted molar refractivity (Wildman–Crippen MR) is 75.8 cm³/mol. The molecule has 0 amide bonds. The minimum absolute atomic E-state index is 0.0215. The summed E-state index contributed by atoms with van der Waals surface area (Å²) in [5.74, 6) is -0.968. The Bertz CT molecular complexity index is 636. The van der Waals surface area contributed by atoms with Gasteiger partial charge in [-0.15, -0.1) is 0 Å². The molecule has 0 aromatic heterocycles. The highest BCUT2D eigenvalue weighted by Gasteiger charge is 2.51. The van der Waals surface area contributed by atoms with Crippen LogP contribution < -0.4 is 4.74 Å². The first-order valence-electron chi connectivity index (χ1n) is 6.67.